The fraction of sp³-hybridized carbons (Fsp3) is 0.300. The van der Waals surface area contributed by atoms with Gasteiger partial charge in [-0.15, -0.1) is 0 Å². The van der Waals surface area contributed by atoms with Crippen LogP contribution >= 0.6 is 0 Å². The van der Waals surface area contributed by atoms with Gasteiger partial charge in [0.05, 0.1) is 25.0 Å². The van der Waals surface area contributed by atoms with Gasteiger partial charge in [-0.1, -0.05) is 30.3 Å². The van der Waals surface area contributed by atoms with Gasteiger partial charge in [-0.05, 0) is 61.0 Å². The molecule has 0 N–H and O–H groups in total. The lowest BCUT2D eigenvalue weighted by Crippen LogP contribution is -2.72. The number of likely N-dealkylation sites (tertiary alicyclic amines) is 2. The number of benzene rings is 3. The van der Waals surface area contributed by atoms with Crippen molar-refractivity contribution >= 4 is 17.6 Å². The van der Waals surface area contributed by atoms with Gasteiger partial charge in [0, 0.05) is 37.3 Å². The Kier molecular flexibility index (Phi) is 6.23. The van der Waals surface area contributed by atoms with Gasteiger partial charge < -0.3 is 19.3 Å². The second-order valence-corrected chi connectivity index (χ2v) is 10.1. The number of amides is 2. The van der Waals surface area contributed by atoms with Crippen molar-refractivity contribution in [3.8, 4) is 11.5 Å². The van der Waals surface area contributed by atoms with Gasteiger partial charge in [0.25, 0.3) is 11.8 Å². The number of Topliss-reactive ketones (excluding diaryl/α,β-unsaturated/α-hetero) is 1. The Labute approximate surface area is 216 Å². The fourth-order valence-electron chi connectivity index (χ4n) is 5.76. The summed E-state index contributed by atoms with van der Waals surface area (Å²) >= 11 is 0. The number of carbonyl (C=O) groups excluding carboxylic acids is 3. The quantitative estimate of drug-likeness (QED) is 0.535. The maximum Gasteiger partial charge on any atom is 0.253 e. The highest BCUT2D eigenvalue weighted by Crippen LogP contribution is 2.45. The predicted octanol–water partition coefficient (Wildman–Crippen LogP) is 3.83. The summed E-state index contributed by atoms with van der Waals surface area (Å²) < 4.78 is 10.5. The molecule has 7 nitrogen and oxygen atoms in total. The molecule has 7 heteroatoms. The highest BCUT2D eigenvalue weighted by Gasteiger charge is 2.60. The smallest absolute Gasteiger partial charge is 0.253 e. The summed E-state index contributed by atoms with van der Waals surface area (Å²) in [6.07, 6.45) is 0. The Morgan fingerprint density at radius 1 is 0.676 bits per heavy atom. The van der Waals surface area contributed by atoms with Crippen molar-refractivity contribution in [3.05, 3.63) is 95.6 Å². The Hall–Kier alpha value is -4.13. The van der Waals surface area contributed by atoms with E-state index in [4.69, 9.17) is 9.47 Å². The van der Waals surface area contributed by atoms with Gasteiger partial charge in [0.2, 0.25) is 0 Å². The number of hydrogen-bond acceptors (Lipinski definition) is 5. The summed E-state index contributed by atoms with van der Waals surface area (Å²) in [5.41, 5.74) is -0.0732. The first-order valence-corrected chi connectivity index (χ1v) is 12.3. The van der Waals surface area contributed by atoms with E-state index < -0.39 is 10.8 Å². The van der Waals surface area contributed by atoms with E-state index in [0.717, 1.165) is 5.56 Å². The topological polar surface area (TPSA) is 76.2 Å². The lowest BCUT2D eigenvalue weighted by Gasteiger charge is -2.56. The van der Waals surface area contributed by atoms with Gasteiger partial charge in [-0.2, -0.15) is 0 Å². The SMILES string of the molecule is COc1ccc(C(=O)N2CC3(C)CN(C(=O)c4ccc(OC)cc4)CC(c4ccccc4)(C2)C3=O)cc1. The number of rotatable bonds is 5. The minimum absolute atomic E-state index is 0.0729. The van der Waals surface area contributed by atoms with E-state index in [0.29, 0.717) is 22.6 Å². The molecule has 2 fully saturated rings. The van der Waals surface area contributed by atoms with Crippen LogP contribution in [0.5, 0.6) is 11.5 Å². The molecule has 3 aromatic carbocycles. The summed E-state index contributed by atoms with van der Waals surface area (Å²) in [5, 5.41) is 0. The van der Waals surface area contributed by atoms with E-state index in [9.17, 15) is 14.4 Å². The molecule has 0 aromatic heterocycles. The second-order valence-electron chi connectivity index (χ2n) is 10.1. The van der Waals surface area contributed by atoms with E-state index in [1.807, 2.05) is 37.3 Å². The summed E-state index contributed by atoms with van der Waals surface area (Å²) in [6.45, 7) is 2.73. The maximum atomic E-state index is 14.1. The summed E-state index contributed by atoms with van der Waals surface area (Å²) in [7, 11) is 3.16. The predicted molar refractivity (Wildman–Crippen MR) is 139 cm³/mol. The Balaban J connectivity index is 1.52. The number of nitrogens with zero attached hydrogens (tertiary/aromatic N) is 2. The molecule has 0 saturated carbocycles. The number of methoxy groups -OCH3 is 2. The average Bonchev–Trinajstić information content (AvgIpc) is 2.93. The van der Waals surface area contributed by atoms with Gasteiger partial charge >= 0.3 is 0 Å². The van der Waals surface area contributed by atoms with Crippen LogP contribution in [0.4, 0.5) is 0 Å². The van der Waals surface area contributed by atoms with Gasteiger partial charge in [-0.25, -0.2) is 0 Å². The zero-order valence-electron chi connectivity index (χ0n) is 21.3. The number of ether oxygens (including phenoxy) is 2. The molecule has 0 atom stereocenters. The van der Waals surface area contributed by atoms with Crippen molar-refractivity contribution in [2.75, 3.05) is 40.4 Å². The molecule has 2 bridgehead atoms. The zero-order valence-corrected chi connectivity index (χ0v) is 21.3. The van der Waals surface area contributed by atoms with Crippen LogP contribution in [0.2, 0.25) is 0 Å². The lowest BCUT2D eigenvalue weighted by molar-refractivity contribution is -0.146. The van der Waals surface area contributed by atoms with Crippen LogP contribution in [0.25, 0.3) is 0 Å². The lowest BCUT2D eigenvalue weighted by atomic mass is 9.60. The van der Waals surface area contributed by atoms with Crippen molar-refractivity contribution in [3.63, 3.8) is 0 Å². The molecule has 2 heterocycles. The van der Waals surface area contributed by atoms with E-state index in [1.165, 1.54) is 0 Å². The largest absolute Gasteiger partial charge is 0.497 e. The molecule has 2 aliphatic heterocycles. The van der Waals surface area contributed by atoms with Gasteiger partial charge in [-0.3, -0.25) is 14.4 Å². The zero-order chi connectivity index (χ0) is 26.2. The van der Waals surface area contributed by atoms with Crippen molar-refractivity contribution in [2.24, 2.45) is 5.41 Å². The molecule has 190 valence electrons. The van der Waals surface area contributed by atoms with Crippen LogP contribution in [0.1, 0.15) is 33.2 Å². The van der Waals surface area contributed by atoms with E-state index in [2.05, 4.69) is 0 Å². The van der Waals surface area contributed by atoms with Crippen LogP contribution in [0.15, 0.2) is 78.9 Å². The molecular weight excluding hydrogens is 468 g/mol. The van der Waals surface area contributed by atoms with Crippen LogP contribution < -0.4 is 9.47 Å². The Bertz CT molecular complexity index is 1250. The third kappa shape index (κ3) is 4.24. The number of carbonyl (C=O) groups is 3. The number of fused-ring (bicyclic) bond motifs is 2. The number of ketones is 1. The molecule has 0 unspecified atom stereocenters. The minimum Gasteiger partial charge on any atom is -0.497 e. The molecule has 2 saturated heterocycles. The van der Waals surface area contributed by atoms with Crippen molar-refractivity contribution < 1.29 is 23.9 Å². The molecule has 0 radical (unpaired) electrons. The highest BCUT2D eigenvalue weighted by molar-refractivity contribution is 6.03. The van der Waals surface area contributed by atoms with Crippen LogP contribution in [0.3, 0.4) is 0 Å². The van der Waals surface area contributed by atoms with Crippen molar-refractivity contribution in [1.82, 2.24) is 9.80 Å². The summed E-state index contributed by atoms with van der Waals surface area (Å²) in [6, 6.07) is 23.5. The number of hydrogen-bond donors (Lipinski definition) is 0. The normalized spacial score (nSPS) is 22.9. The highest BCUT2D eigenvalue weighted by atomic mass is 16.5. The first-order valence-electron chi connectivity index (χ1n) is 12.3. The first-order chi connectivity index (χ1) is 17.8. The van der Waals surface area contributed by atoms with E-state index in [-0.39, 0.29) is 43.8 Å². The molecule has 37 heavy (non-hydrogen) atoms. The van der Waals surface area contributed by atoms with E-state index >= 15 is 0 Å². The Morgan fingerprint density at radius 2 is 1.11 bits per heavy atom. The Morgan fingerprint density at radius 3 is 1.51 bits per heavy atom. The molecule has 2 amide bonds. The molecular formula is C30H30N2O5. The van der Waals surface area contributed by atoms with Crippen LogP contribution in [0, 0.1) is 5.41 Å². The molecule has 5 rings (SSSR count). The van der Waals surface area contributed by atoms with Crippen molar-refractivity contribution in [2.45, 2.75) is 12.3 Å². The standard InChI is InChI=1S/C30H30N2O5/c1-29-17-31(26(33)21-9-13-24(36-2)14-10-21)19-30(28(29)35,23-7-5-4-6-8-23)20-32(18-29)27(34)22-11-15-25(37-3)16-12-22/h4-16H,17-20H2,1-3H3. The monoisotopic (exact) mass is 498 g/mol. The van der Waals surface area contributed by atoms with Gasteiger partial charge in [0.15, 0.2) is 5.78 Å². The van der Waals surface area contributed by atoms with Crippen LogP contribution in [-0.4, -0.2) is 67.8 Å². The molecule has 0 aliphatic carbocycles. The summed E-state index contributed by atoms with van der Waals surface area (Å²) in [5.74, 6) is 1.13. The average molecular weight is 499 g/mol. The van der Waals surface area contributed by atoms with Crippen LogP contribution in [-0.2, 0) is 10.2 Å². The van der Waals surface area contributed by atoms with Gasteiger partial charge in [0.1, 0.15) is 11.5 Å². The molecule has 0 spiro atoms. The second kappa shape index (κ2) is 9.39. The minimum atomic E-state index is -1.03. The molecule has 2 aliphatic rings. The third-order valence-corrected chi connectivity index (χ3v) is 7.56. The van der Waals surface area contributed by atoms with E-state index in [1.54, 1.807) is 72.6 Å². The maximum absolute atomic E-state index is 14.1. The fourth-order valence-corrected chi connectivity index (χ4v) is 5.76. The number of piperidine rings is 2. The summed E-state index contributed by atoms with van der Waals surface area (Å²) in [4.78, 5) is 44.9. The third-order valence-electron chi connectivity index (χ3n) is 7.56. The molecule has 3 aromatic rings. The first kappa shape index (κ1) is 24.6. The van der Waals surface area contributed by atoms with Crippen molar-refractivity contribution in [1.29, 1.82) is 0 Å².